The third-order valence-corrected chi connectivity index (χ3v) is 6.03. The lowest BCUT2D eigenvalue weighted by Gasteiger charge is -2.35. The molecule has 0 spiro atoms. The quantitative estimate of drug-likeness (QED) is 0.312. The number of rotatable bonds is 15. The van der Waals surface area contributed by atoms with Gasteiger partial charge in [-0.15, -0.1) is 0 Å². The van der Waals surface area contributed by atoms with Gasteiger partial charge in [0.15, 0.2) is 0 Å². The van der Waals surface area contributed by atoms with Gasteiger partial charge in [-0.3, -0.25) is 4.79 Å². The molecule has 0 aromatic carbocycles. The molecule has 0 saturated carbocycles. The normalized spacial score (nSPS) is 16.0. The molecule has 3 nitrogen and oxygen atoms in total. The Hall–Kier alpha value is -0.570. The third-order valence-electron chi connectivity index (χ3n) is 6.03. The highest BCUT2D eigenvalue weighted by atomic mass is 16.6. The van der Waals surface area contributed by atoms with Gasteiger partial charge in [-0.1, -0.05) is 77.6 Å². The summed E-state index contributed by atoms with van der Waals surface area (Å²) in [4.78, 5) is 12.2. The van der Waals surface area contributed by atoms with Gasteiger partial charge in [0.2, 0.25) is 0 Å². The Balaban J connectivity index is 1.93. The van der Waals surface area contributed by atoms with Crippen LogP contribution in [0.3, 0.4) is 0 Å². The van der Waals surface area contributed by atoms with E-state index in [1.54, 1.807) is 0 Å². The Kier molecular flexibility index (Phi) is 13.1. The van der Waals surface area contributed by atoms with Crippen molar-refractivity contribution in [2.45, 2.75) is 123 Å². The Labute approximate surface area is 163 Å². The lowest BCUT2D eigenvalue weighted by molar-refractivity contribution is -0.665. The molecule has 1 aliphatic rings. The van der Waals surface area contributed by atoms with Crippen molar-refractivity contribution in [2.24, 2.45) is 5.92 Å². The van der Waals surface area contributed by atoms with E-state index in [0.29, 0.717) is 12.3 Å². The van der Waals surface area contributed by atoms with Gasteiger partial charge >= 0.3 is 5.97 Å². The number of piperidine rings is 1. The minimum atomic E-state index is -0.289. The van der Waals surface area contributed by atoms with E-state index < -0.39 is 0 Å². The maximum atomic E-state index is 12.2. The SMILES string of the molecule is CCCCCCCCCCCCCCC(=O)OC(C)(C)C1CC[NH2+]CC1. The molecule has 0 bridgehead atoms. The van der Waals surface area contributed by atoms with Crippen molar-refractivity contribution in [1.82, 2.24) is 0 Å². The molecule has 0 aliphatic carbocycles. The number of quaternary nitrogens is 1. The lowest BCUT2D eigenvalue weighted by Crippen LogP contribution is -2.86. The molecule has 1 heterocycles. The van der Waals surface area contributed by atoms with Gasteiger partial charge in [0.1, 0.15) is 5.60 Å². The highest BCUT2D eigenvalue weighted by Gasteiger charge is 2.35. The average molecular weight is 369 g/mol. The summed E-state index contributed by atoms with van der Waals surface area (Å²) in [6.45, 7) is 8.82. The van der Waals surface area contributed by atoms with Crippen LogP contribution in [0, 0.1) is 5.92 Å². The minimum absolute atomic E-state index is 0.0108. The molecule has 3 heteroatoms. The molecule has 26 heavy (non-hydrogen) atoms. The van der Waals surface area contributed by atoms with Crippen LogP contribution in [-0.2, 0) is 9.53 Å². The van der Waals surface area contributed by atoms with E-state index in [1.807, 2.05) is 0 Å². The zero-order valence-electron chi connectivity index (χ0n) is 18.0. The number of nitrogens with two attached hydrogens (primary N) is 1. The molecule has 1 aliphatic heterocycles. The topological polar surface area (TPSA) is 42.9 Å². The number of carbonyl (C=O) groups excluding carboxylic acids is 1. The monoisotopic (exact) mass is 368 g/mol. The summed E-state index contributed by atoms with van der Waals surface area (Å²) in [5.41, 5.74) is -0.289. The maximum Gasteiger partial charge on any atom is 0.306 e. The largest absolute Gasteiger partial charge is 0.459 e. The standard InChI is InChI=1S/C23H45NO2/c1-4-5-6-7-8-9-10-11-12-13-14-15-16-22(25)26-23(2,3)21-17-19-24-20-18-21/h21,24H,4-20H2,1-3H3/p+1. The molecule has 0 aromatic rings. The predicted molar refractivity (Wildman–Crippen MR) is 110 cm³/mol. The third kappa shape index (κ3) is 11.2. The van der Waals surface area contributed by atoms with Crippen molar-refractivity contribution < 1.29 is 14.8 Å². The molecule has 0 amide bonds. The highest BCUT2D eigenvalue weighted by molar-refractivity contribution is 5.69. The molecule has 154 valence electrons. The molecule has 2 N–H and O–H groups in total. The Morgan fingerprint density at radius 2 is 1.31 bits per heavy atom. The van der Waals surface area contributed by atoms with E-state index in [-0.39, 0.29) is 11.6 Å². The van der Waals surface area contributed by atoms with Gasteiger partial charge < -0.3 is 10.1 Å². The number of carbonyl (C=O) groups is 1. The van der Waals surface area contributed by atoms with Crippen LogP contribution >= 0.6 is 0 Å². The molecule has 1 saturated heterocycles. The van der Waals surface area contributed by atoms with Crippen LogP contribution in [0.15, 0.2) is 0 Å². The van der Waals surface area contributed by atoms with E-state index in [2.05, 4.69) is 26.1 Å². The van der Waals surface area contributed by atoms with Crippen LogP contribution < -0.4 is 5.32 Å². The molecular formula is C23H46NO2+. The van der Waals surface area contributed by atoms with Crippen LogP contribution in [0.4, 0.5) is 0 Å². The Morgan fingerprint density at radius 1 is 0.846 bits per heavy atom. The Bertz CT molecular complexity index is 348. The molecule has 0 unspecified atom stereocenters. The summed E-state index contributed by atoms with van der Waals surface area (Å²) in [5, 5.41) is 2.36. The number of hydrogen-bond acceptors (Lipinski definition) is 2. The van der Waals surface area contributed by atoms with Gasteiger partial charge in [-0.05, 0) is 20.3 Å². The molecule has 0 radical (unpaired) electrons. The first kappa shape index (κ1) is 23.5. The molecule has 1 fully saturated rings. The van der Waals surface area contributed by atoms with Gasteiger partial charge in [0.05, 0.1) is 13.1 Å². The number of unbranched alkanes of at least 4 members (excludes halogenated alkanes) is 11. The van der Waals surface area contributed by atoms with Gasteiger partial charge in [-0.25, -0.2) is 0 Å². The van der Waals surface area contributed by atoms with E-state index in [9.17, 15) is 4.79 Å². The first-order chi connectivity index (χ1) is 12.6. The van der Waals surface area contributed by atoms with E-state index in [1.165, 1.54) is 96.6 Å². The number of ether oxygens (including phenoxy) is 1. The van der Waals surface area contributed by atoms with E-state index >= 15 is 0 Å². The highest BCUT2D eigenvalue weighted by Crippen LogP contribution is 2.28. The summed E-state index contributed by atoms with van der Waals surface area (Å²) in [5.74, 6) is 0.537. The average Bonchev–Trinajstić information content (AvgIpc) is 2.63. The van der Waals surface area contributed by atoms with Crippen molar-refractivity contribution in [2.75, 3.05) is 13.1 Å². The zero-order valence-corrected chi connectivity index (χ0v) is 18.0. The summed E-state index contributed by atoms with van der Waals surface area (Å²) in [6, 6.07) is 0. The summed E-state index contributed by atoms with van der Waals surface area (Å²) in [7, 11) is 0. The van der Waals surface area contributed by atoms with Crippen molar-refractivity contribution in [3.8, 4) is 0 Å². The van der Waals surface area contributed by atoms with Crippen LogP contribution in [0.2, 0.25) is 0 Å². The number of esters is 1. The molecular weight excluding hydrogens is 322 g/mol. The van der Waals surface area contributed by atoms with Gasteiger partial charge in [0.25, 0.3) is 0 Å². The van der Waals surface area contributed by atoms with Crippen LogP contribution in [0.1, 0.15) is 117 Å². The maximum absolute atomic E-state index is 12.2. The summed E-state index contributed by atoms with van der Waals surface area (Å²) in [6.07, 6.45) is 18.8. The fourth-order valence-electron chi connectivity index (χ4n) is 4.16. The van der Waals surface area contributed by atoms with Crippen molar-refractivity contribution in [3.63, 3.8) is 0 Å². The van der Waals surface area contributed by atoms with Crippen LogP contribution in [0.25, 0.3) is 0 Å². The summed E-state index contributed by atoms with van der Waals surface area (Å²) >= 11 is 0. The summed E-state index contributed by atoms with van der Waals surface area (Å²) < 4.78 is 5.82. The van der Waals surface area contributed by atoms with Crippen LogP contribution in [0.5, 0.6) is 0 Å². The lowest BCUT2D eigenvalue weighted by atomic mass is 9.83. The predicted octanol–water partition coefficient (Wildman–Crippen LogP) is 5.37. The first-order valence-corrected chi connectivity index (χ1v) is 11.6. The smallest absolute Gasteiger partial charge is 0.306 e. The second-order valence-electron chi connectivity index (χ2n) is 8.86. The minimum Gasteiger partial charge on any atom is -0.459 e. The molecule has 0 aromatic heterocycles. The first-order valence-electron chi connectivity index (χ1n) is 11.6. The van der Waals surface area contributed by atoms with Crippen molar-refractivity contribution in [1.29, 1.82) is 0 Å². The fourth-order valence-corrected chi connectivity index (χ4v) is 4.16. The van der Waals surface area contributed by atoms with Gasteiger partial charge in [0, 0.05) is 25.2 Å². The number of hydrogen-bond donors (Lipinski definition) is 1. The second-order valence-corrected chi connectivity index (χ2v) is 8.86. The van der Waals surface area contributed by atoms with Crippen molar-refractivity contribution in [3.05, 3.63) is 0 Å². The van der Waals surface area contributed by atoms with Crippen molar-refractivity contribution >= 4 is 5.97 Å². The van der Waals surface area contributed by atoms with E-state index in [0.717, 1.165) is 6.42 Å². The Morgan fingerprint density at radius 3 is 1.81 bits per heavy atom. The van der Waals surface area contributed by atoms with Crippen LogP contribution in [-0.4, -0.2) is 24.7 Å². The van der Waals surface area contributed by atoms with E-state index in [4.69, 9.17) is 4.74 Å². The fraction of sp³-hybridized carbons (Fsp3) is 0.957. The second kappa shape index (κ2) is 14.5. The van der Waals surface area contributed by atoms with Gasteiger partial charge in [-0.2, -0.15) is 0 Å². The molecule has 0 atom stereocenters. The molecule has 1 rings (SSSR count). The zero-order chi connectivity index (χ0) is 19.1.